The number of rotatable bonds is 4. The molecule has 0 aliphatic carbocycles. The lowest BCUT2D eigenvalue weighted by Crippen LogP contribution is -2.04. The standard InChI is InChI=1S/C15H16FN3S/c1-2-12-10-7-17-8-13(10)19-15(18-12)9-20-14-6-4-3-5-11(14)16/h3-6,17H,2,7-9H2,1H3. The predicted octanol–water partition coefficient (Wildman–Crippen LogP) is 3.07. The summed E-state index contributed by atoms with van der Waals surface area (Å²) in [5.41, 5.74) is 3.46. The van der Waals surface area contributed by atoms with Crippen LogP contribution in [0.5, 0.6) is 0 Å². The lowest BCUT2D eigenvalue weighted by Gasteiger charge is -2.08. The van der Waals surface area contributed by atoms with Crippen LogP contribution in [0.3, 0.4) is 0 Å². The molecular formula is C15H16FN3S. The Morgan fingerprint density at radius 3 is 2.90 bits per heavy atom. The third-order valence-electron chi connectivity index (χ3n) is 3.35. The van der Waals surface area contributed by atoms with Gasteiger partial charge in [-0.2, -0.15) is 0 Å². The molecule has 1 aromatic carbocycles. The maximum atomic E-state index is 13.6. The SMILES string of the molecule is CCc1nc(CSc2ccccc2F)nc2c1CNC2. The van der Waals surface area contributed by atoms with Gasteiger partial charge in [-0.25, -0.2) is 14.4 Å². The van der Waals surface area contributed by atoms with E-state index in [4.69, 9.17) is 0 Å². The molecule has 0 radical (unpaired) electrons. The molecule has 2 heterocycles. The largest absolute Gasteiger partial charge is 0.307 e. The van der Waals surface area contributed by atoms with Gasteiger partial charge in [0, 0.05) is 29.2 Å². The Morgan fingerprint density at radius 2 is 2.10 bits per heavy atom. The summed E-state index contributed by atoms with van der Waals surface area (Å²) in [7, 11) is 0. The highest BCUT2D eigenvalue weighted by Crippen LogP contribution is 2.25. The van der Waals surface area contributed by atoms with E-state index < -0.39 is 0 Å². The van der Waals surface area contributed by atoms with E-state index in [9.17, 15) is 4.39 Å². The Labute approximate surface area is 122 Å². The predicted molar refractivity (Wildman–Crippen MR) is 77.9 cm³/mol. The molecule has 0 saturated heterocycles. The Kier molecular flexibility index (Phi) is 3.98. The van der Waals surface area contributed by atoms with Crippen molar-refractivity contribution in [3.63, 3.8) is 0 Å². The molecule has 0 fully saturated rings. The van der Waals surface area contributed by atoms with E-state index in [2.05, 4.69) is 22.2 Å². The van der Waals surface area contributed by atoms with Gasteiger partial charge in [0.2, 0.25) is 0 Å². The van der Waals surface area contributed by atoms with Crippen LogP contribution in [0, 0.1) is 5.82 Å². The average molecular weight is 289 g/mol. The number of hydrogen-bond acceptors (Lipinski definition) is 4. The number of aryl methyl sites for hydroxylation is 1. The number of fused-ring (bicyclic) bond motifs is 1. The van der Waals surface area contributed by atoms with Crippen LogP contribution >= 0.6 is 11.8 Å². The van der Waals surface area contributed by atoms with Crippen LogP contribution < -0.4 is 5.32 Å². The van der Waals surface area contributed by atoms with Crippen LogP contribution in [0.1, 0.15) is 29.7 Å². The maximum Gasteiger partial charge on any atom is 0.139 e. The Balaban J connectivity index is 1.80. The molecule has 1 aliphatic heterocycles. The van der Waals surface area contributed by atoms with Crippen molar-refractivity contribution >= 4 is 11.8 Å². The summed E-state index contributed by atoms with van der Waals surface area (Å²) in [5, 5.41) is 3.30. The van der Waals surface area contributed by atoms with Crippen LogP contribution in [0.2, 0.25) is 0 Å². The third-order valence-corrected chi connectivity index (χ3v) is 4.39. The molecule has 1 aliphatic rings. The normalized spacial score (nSPS) is 13.5. The first kappa shape index (κ1) is 13.5. The first-order chi connectivity index (χ1) is 9.78. The second-order valence-electron chi connectivity index (χ2n) is 4.69. The third kappa shape index (κ3) is 2.69. The van der Waals surface area contributed by atoms with Crippen molar-refractivity contribution in [1.29, 1.82) is 0 Å². The molecular weight excluding hydrogens is 273 g/mol. The second kappa shape index (κ2) is 5.89. The zero-order valence-electron chi connectivity index (χ0n) is 11.3. The van der Waals surface area contributed by atoms with Gasteiger partial charge in [0.1, 0.15) is 11.6 Å². The van der Waals surface area contributed by atoms with Gasteiger partial charge in [-0.1, -0.05) is 19.1 Å². The number of nitrogens with zero attached hydrogens (tertiary/aromatic N) is 2. The molecule has 3 nitrogen and oxygen atoms in total. The van der Waals surface area contributed by atoms with Crippen molar-refractivity contribution in [1.82, 2.24) is 15.3 Å². The number of nitrogens with one attached hydrogen (secondary N) is 1. The van der Waals surface area contributed by atoms with Crippen molar-refractivity contribution in [3.05, 3.63) is 52.9 Å². The first-order valence-corrected chi connectivity index (χ1v) is 7.72. The van der Waals surface area contributed by atoms with Crippen molar-refractivity contribution in [2.45, 2.75) is 37.1 Å². The van der Waals surface area contributed by atoms with Crippen LogP contribution in [-0.2, 0) is 25.3 Å². The van der Waals surface area contributed by atoms with Gasteiger partial charge in [-0.05, 0) is 18.6 Å². The lowest BCUT2D eigenvalue weighted by molar-refractivity contribution is 0.602. The summed E-state index contributed by atoms with van der Waals surface area (Å²) in [4.78, 5) is 9.85. The summed E-state index contributed by atoms with van der Waals surface area (Å²) in [6.07, 6.45) is 0.907. The quantitative estimate of drug-likeness (QED) is 0.878. The molecule has 0 atom stereocenters. The smallest absolute Gasteiger partial charge is 0.139 e. The number of benzene rings is 1. The summed E-state index contributed by atoms with van der Waals surface area (Å²) < 4.78 is 13.6. The summed E-state index contributed by atoms with van der Waals surface area (Å²) in [5.74, 6) is 1.20. The molecule has 0 saturated carbocycles. The van der Waals surface area contributed by atoms with E-state index in [1.54, 1.807) is 12.1 Å². The van der Waals surface area contributed by atoms with E-state index >= 15 is 0 Å². The van der Waals surface area contributed by atoms with Gasteiger partial charge >= 0.3 is 0 Å². The fourth-order valence-electron chi connectivity index (χ4n) is 2.36. The van der Waals surface area contributed by atoms with E-state index in [0.29, 0.717) is 10.6 Å². The summed E-state index contributed by atoms with van der Waals surface area (Å²) in [6, 6.07) is 6.81. The fourth-order valence-corrected chi connectivity index (χ4v) is 3.15. The van der Waals surface area contributed by atoms with E-state index in [0.717, 1.165) is 36.7 Å². The highest BCUT2D eigenvalue weighted by molar-refractivity contribution is 7.98. The zero-order chi connectivity index (χ0) is 13.9. The van der Waals surface area contributed by atoms with Gasteiger partial charge in [0.15, 0.2) is 0 Å². The highest BCUT2D eigenvalue weighted by atomic mass is 32.2. The fraction of sp³-hybridized carbons (Fsp3) is 0.333. The average Bonchev–Trinajstić information content (AvgIpc) is 2.94. The van der Waals surface area contributed by atoms with Gasteiger partial charge in [-0.3, -0.25) is 0 Å². The van der Waals surface area contributed by atoms with Gasteiger partial charge < -0.3 is 5.32 Å². The first-order valence-electron chi connectivity index (χ1n) is 6.73. The van der Waals surface area contributed by atoms with Gasteiger partial charge in [0.05, 0.1) is 11.4 Å². The van der Waals surface area contributed by atoms with Crippen LogP contribution in [-0.4, -0.2) is 9.97 Å². The van der Waals surface area contributed by atoms with Crippen molar-refractivity contribution in [3.8, 4) is 0 Å². The van der Waals surface area contributed by atoms with Crippen molar-refractivity contribution in [2.75, 3.05) is 0 Å². The minimum atomic E-state index is -0.184. The summed E-state index contributed by atoms with van der Waals surface area (Å²) >= 11 is 1.44. The molecule has 5 heteroatoms. The van der Waals surface area contributed by atoms with E-state index in [-0.39, 0.29) is 5.82 Å². The summed E-state index contributed by atoms with van der Waals surface area (Å²) in [6.45, 7) is 3.77. The Bertz CT molecular complexity index is 631. The van der Waals surface area contributed by atoms with Crippen LogP contribution in [0.25, 0.3) is 0 Å². The molecule has 20 heavy (non-hydrogen) atoms. The van der Waals surface area contributed by atoms with Crippen molar-refractivity contribution < 1.29 is 4.39 Å². The zero-order valence-corrected chi connectivity index (χ0v) is 12.1. The Morgan fingerprint density at radius 1 is 1.25 bits per heavy atom. The number of aromatic nitrogens is 2. The minimum Gasteiger partial charge on any atom is -0.307 e. The highest BCUT2D eigenvalue weighted by Gasteiger charge is 2.17. The number of thioether (sulfide) groups is 1. The van der Waals surface area contributed by atoms with Crippen LogP contribution in [0.15, 0.2) is 29.2 Å². The van der Waals surface area contributed by atoms with E-state index in [1.165, 1.54) is 23.4 Å². The molecule has 2 aromatic rings. The minimum absolute atomic E-state index is 0.184. The van der Waals surface area contributed by atoms with Crippen molar-refractivity contribution in [2.24, 2.45) is 0 Å². The van der Waals surface area contributed by atoms with E-state index in [1.807, 2.05) is 6.07 Å². The molecule has 1 N–H and O–H groups in total. The number of halogens is 1. The molecule has 0 amide bonds. The number of hydrogen-bond donors (Lipinski definition) is 1. The molecule has 3 rings (SSSR count). The lowest BCUT2D eigenvalue weighted by atomic mass is 10.1. The second-order valence-corrected chi connectivity index (χ2v) is 5.71. The van der Waals surface area contributed by atoms with Gasteiger partial charge in [0.25, 0.3) is 0 Å². The Hall–Kier alpha value is -1.46. The van der Waals surface area contributed by atoms with Gasteiger partial charge in [-0.15, -0.1) is 11.8 Å². The molecule has 0 bridgehead atoms. The molecule has 0 spiro atoms. The molecule has 104 valence electrons. The topological polar surface area (TPSA) is 37.8 Å². The monoisotopic (exact) mass is 289 g/mol. The molecule has 0 unspecified atom stereocenters. The maximum absolute atomic E-state index is 13.6. The van der Waals surface area contributed by atoms with Crippen LogP contribution in [0.4, 0.5) is 4.39 Å². The molecule has 1 aromatic heterocycles.